The van der Waals surface area contributed by atoms with Gasteiger partial charge >= 0.3 is 6.18 Å². The molecule has 0 aliphatic carbocycles. The second kappa shape index (κ2) is 8.20. The molecule has 0 unspecified atom stereocenters. The van der Waals surface area contributed by atoms with Gasteiger partial charge in [0.2, 0.25) is 10.0 Å². The van der Waals surface area contributed by atoms with E-state index in [1.54, 1.807) is 6.92 Å². The van der Waals surface area contributed by atoms with Gasteiger partial charge in [-0.2, -0.15) is 22.6 Å². The van der Waals surface area contributed by atoms with Gasteiger partial charge in [0, 0.05) is 36.7 Å². The summed E-state index contributed by atoms with van der Waals surface area (Å²) in [6.45, 7) is 7.56. The summed E-state index contributed by atoms with van der Waals surface area (Å²) in [5.74, 6) is 0. The maximum Gasteiger partial charge on any atom is 0.432 e. The van der Waals surface area contributed by atoms with Crippen LogP contribution in [0, 0.1) is 20.8 Å². The third-order valence-corrected chi connectivity index (χ3v) is 9.01. The SMILES string of the molecule is Cc1cccc(N2CCN(S(=O)(=O)c3cc(-c4cc(C(F)(F)F)[nH]n4)sc3C)CC2)c1C. The molecular formula is C21H23F3N4O2S2. The highest BCUT2D eigenvalue weighted by Crippen LogP contribution is 2.37. The first-order valence-electron chi connectivity index (χ1n) is 10.0. The summed E-state index contributed by atoms with van der Waals surface area (Å²) >= 11 is 1.12. The molecule has 0 radical (unpaired) electrons. The number of H-pyrrole nitrogens is 1. The number of piperazine rings is 1. The molecule has 1 fully saturated rings. The molecule has 2 aromatic heterocycles. The van der Waals surface area contributed by atoms with Crippen LogP contribution in [-0.2, 0) is 16.2 Å². The molecular weight excluding hydrogens is 461 g/mol. The number of alkyl halides is 3. The Labute approximate surface area is 188 Å². The number of nitrogens with one attached hydrogen (secondary N) is 1. The van der Waals surface area contributed by atoms with Crippen molar-refractivity contribution in [1.29, 1.82) is 0 Å². The molecule has 1 saturated heterocycles. The van der Waals surface area contributed by atoms with Crippen molar-refractivity contribution >= 4 is 27.0 Å². The van der Waals surface area contributed by atoms with Crippen molar-refractivity contribution in [3.05, 3.63) is 52.0 Å². The Morgan fingerprint density at radius 3 is 2.38 bits per heavy atom. The van der Waals surface area contributed by atoms with E-state index in [2.05, 4.69) is 16.9 Å². The average molecular weight is 485 g/mol. The number of anilines is 1. The van der Waals surface area contributed by atoms with E-state index in [0.717, 1.165) is 23.1 Å². The van der Waals surface area contributed by atoms with Crippen molar-refractivity contribution in [3.63, 3.8) is 0 Å². The topological polar surface area (TPSA) is 69.3 Å². The second-order valence-electron chi connectivity index (χ2n) is 7.81. The summed E-state index contributed by atoms with van der Waals surface area (Å²) < 4.78 is 66.6. The molecule has 1 aromatic carbocycles. The quantitative estimate of drug-likeness (QED) is 0.588. The van der Waals surface area contributed by atoms with Crippen LogP contribution in [-0.4, -0.2) is 49.1 Å². The molecule has 0 amide bonds. The summed E-state index contributed by atoms with van der Waals surface area (Å²) in [5.41, 5.74) is 2.58. The van der Waals surface area contributed by atoms with E-state index in [1.165, 1.54) is 21.5 Å². The van der Waals surface area contributed by atoms with Gasteiger partial charge in [-0.25, -0.2) is 8.42 Å². The number of nitrogens with zero attached hydrogens (tertiary/aromatic N) is 3. The zero-order valence-electron chi connectivity index (χ0n) is 17.8. The highest BCUT2D eigenvalue weighted by molar-refractivity contribution is 7.89. The Kier molecular flexibility index (Phi) is 5.84. The summed E-state index contributed by atoms with van der Waals surface area (Å²) in [6, 6.07) is 8.40. The number of hydrogen-bond donors (Lipinski definition) is 1. The molecule has 0 spiro atoms. The van der Waals surface area contributed by atoms with E-state index in [4.69, 9.17) is 0 Å². The Balaban J connectivity index is 1.53. The fourth-order valence-corrected chi connectivity index (χ4v) is 6.77. The van der Waals surface area contributed by atoms with Crippen molar-refractivity contribution in [2.45, 2.75) is 31.8 Å². The molecule has 0 bridgehead atoms. The number of thiophene rings is 1. The van der Waals surface area contributed by atoms with Gasteiger partial charge in [-0.15, -0.1) is 11.3 Å². The van der Waals surface area contributed by atoms with Gasteiger partial charge < -0.3 is 4.90 Å². The molecule has 6 nitrogen and oxygen atoms in total. The Morgan fingerprint density at radius 2 is 1.75 bits per heavy atom. The van der Waals surface area contributed by atoms with E-state index in [1.807, 2.05) is 30.2 Å². The molecule has 11 heteroatoms. The van der Waals surface area contributed by atoms with Gasteiger partial charge in [-0.3, -0.25) is 5.10 Å². The molecule has 4 rings (SSSR count). The summed E-state index contributed by atoms with van der Waals surface area (Å²) in [4.78, 5) is 3.20. The van der Waals surface area contributed by atoms with Crippen molar-refractivity contribution in [1.82, 2.24) is 14.5 Å². The lowest BCUT2D eigenvalue weighted by Gasteiger charge is -2.36. The highest BCUT2D eigenvalue weighted by Gasteiger charge is 2.34. The molecule has 172 valence electrons. The number of halogens is 3. The summed E-state index contributed by atoms with van der Waals surface area (Å²) in [6.07, 6.45) is -4.54. The van der Waals surface area contributed by atoms with Crippen LogP contribution in [0.5, 0.6) is 0 Å². The van der Waals surface area contributed by atoms with Crippen LogP contribution in [0.2, 0.25) is 0 Å². The first-order chi connectivity index (χ1) is 15.0. The highest BCUT2D eigenvalue weighted by atomic mass is 32.2. The summed E-state index contributed by atoms with van der Waals surface area (Å²) in [5, 5.41) is 5.68. The third-order valence-electron chi connectivity index (χ3n) is 5.78. The number of sulfonamides is 1. The average Bonchev–Trinajstić information content (AvgIpc) is 3.37. The van der Waals surface area contributed by atoms with Crippen molar-refractivity contribution in [2.24, 2.45) is 0 Å². The Hall–Kier alpha value is -2.37. The van der Waals surface area contributed by atoms with Crippen molar-refractivity contribution < 1.29 is 21.6 Å². The van der Waals surface area contributed by atoms with Gasteiger partial charge in [0.15, 0.2) is 0 Å². The minimum absolute atomic E-state index is 0.0756. The second-order valence-corrected chi connectivity index (χ2v) is 11.0. The lowest BCUT2D eigenvalue weighted by atomic mass is 10.1. The zero-order valence-corrected chi connectivity index (χ0v) is 19.5. The monoisotopic (exact) mass is 484 g/mol. The van der Waals surface area contributed by atoms with Crippen LogP contribution in [0.15, 0.2) is 35.2 Å². The van der Waals surface area contributed by atoms with Gasteiger partial charge in [-0.1, -0.05) is 12.1 Å². The molecule has 3 heterocycles. The van der Waals surface area contributed by atoms with Gasteiger partial charge in [0.05, 0.1) is 9.77 Å². The van der Waals surface area contributed by atoms with Crippen LogP contribution >= 0.6 is 11.3 Å². The predicted octanol–water partition coefficient (Wildman–Crippen LogP) is 4.59. The van der Waals surface area contributed by atoms with E-state index >= 15 is 0 Å². The predicted molar refractivity (Wildman–Crippen MR) is 119 cm³/mol. The lowest BCUT2D eigenvalue weighted by molar-refractivity contribution is -0.141. The number of aromatic nitrogens is 2. The first-order valence-corrected chi connectivity index (χ1v) is 12.3. The number of aryl methyl sites for hydroxylation is 2. The largest absolute Gasteiger partial charge is 0.432 e. The number of aromatic amines is 1. The van der Waals surface area contributed by atoms with E-state index in [0.29, 0.717) is 35.9 Å². The van der Waals surface area contributed by atoms with Crippen molar-refractivity contribution in [3.8, 4) is 10.6 Å². The maximum absolute atomic E-state index is 13.3. The van der Waals surface area contributed by atoms with Crippen LogP contribution in [0.4, 0.5) is 18.9 Å². The Bertz CT molecular complexity index is 1240. The minimum Gasteiger partial charge on any atom is -0.369 e. The Morgan fingerprint density at radius 1 is 1.06 bits per heavy atom. The van der Waals surface area contributed by atoms with Crippen LogP contribution < -0.4 is 4.90 Å². The van der Waals surface area contributed by atoms with Gasteiger partial charge in [0.25, 0.3) is 0 Å². The van der Waals surface area contributed by atoms with Crippen LogP contribution in [0.3, 0.4) is 0 Å². The molecule has 0 atom stereocenters. The molecule has 1 N–H and O–H groups in total. The standard InChI is InChI=1S/C21H23F3N4O2S2/c1-13-5-4-6-17(14(13)2)27-7-9-28(10-8-27)32(29,30)19-12-18(31-15(19)3)16-11-20(26-25-16)21(22,23)24/h4-6,11-12H,7-10H2,1-3H3,(H,25,26). The maximum atomic E-state index is 13.3. The van der Waals surface area contributed by atoms with Crippen molar-refractivity contribution in [2.75, 3.05) is 31.1 Å². The molecule has 1 aliphatic heterocycles. The third kappa shape index (κ3) is 4.16. The number of rotatable bonds is 4. The molecule has 1 aliphatic rings. The lowest BCUT2D eigenvalue weighted by Crippen LogP contribution is -2.48. The first kappa shape index (κ1) is 22.8. The smallest absolute Gasteiger partial charge is 0.369 e. The summed E-state index contributed by atoms with van der Waals surface area (Å²) in [7, 11) is -3.77. The molecule has 32 heavy (non-hydrogen) atoms. The van der Waals surface area contributed by atoms with E-state index in [-0.39, 0.29) is 10.6 Å². The van der Waals surface area contributed by atoms with Crippen LogP contribution in [0.1, 0.15) is 21.7 Å². The molecule has 0 saturated carbocycles. The van der Waals surface area contributed by atoms with E-state index in [9.17, 15) is 21.6 Å². The van der Waals surface area contributed by atoms with E-state index < -0.39 is 21.9 Å². The zero-order chi connectivity index (χ0) is 23.3. The molecule has 3 aromatic rings. The van der Waals surface area contributed by atoms with Gasteiger partial charge in [0.1, 0.15) is 11.4 Å². The minimum atomic E-state index is -4.54. The fourth-order valence-electron chi connectivity index (χ4n) is 3.83. The van der Waals surface area contributed by atoms with Gasteiger partial charge in [-0.05, 0) is 50.1 Å². The normalized spacial score (nSPS) is 16.0. The number of benzene rings is 1. The fraction of sp³-hybridized carbons (Fsp3) is 0.381. The van der Waals surface area contributed by atoms with Crippen LogP contribution in [0.25, 0.3) is 10.6 Å². The number of hydrogen-bond acceptors (Lipinski definition) is 5.